The van der Waals surface area contributed by atoms with Crippen molar-refractivity contribution in [3.05, 3.63) is 36.2 Å². The highest BCUT2D eigenvalue weighted by atomic mass is 16.4. The van der Waals surface area contributed by atoms with Gasteiger partial charge in [-0.3, -0.25) is 0 Å². The van der Waals surface area contributed by atoms with E-state index in [1.54, 1.807) is 11.1 Å². The molecule has 0 unspecified atom stereocenters. The fraction of sp³-hybridized carbons (Fsp3) is 0.500. The number of likely N-dealkylation sites (N-methyl/N-ethyl adjacent to an activating group) is 1. The molecule has 5 heterocycles. The maximum absolute atomic E-state index is 12.5. The first-order chi connectivity index (χ1) is 18.3. The average molecular weight is 518 g/mol. The lowest BCUT2D eigenvalue weighted by molar-refractivity contribution is -0.00941. The molecule has 1 aromatic heterocycles. The maximum atomic E-state index is 12.5. The number of nitrogens with one attached hydrogen (secondary N) is 1. The van der Waals surface area contributed by atoms with Crippen LogP contribution in [0.4, 0.5) is 32.6 Å². The number of hydrogen-bond donors (Lipinski definition) is 2. The average Bonchev–Trinajstić information content (AvgIpc) is 3.21. The Morgan fingerprint density at radius 3 is 2.55 bits per heavy atom. The van der Waals surface area contributed by atoms with Gasteiger partial charge in [0.25, 0.3) is 0 Å². The molecule has 4 saturated heterocycles. The summed E-state index contributed by atoms with van der Waals surface area (Å²) >= 11 is 0. The summed E-state index contributed by atoms with van der Waals surface area (Å²) in [5, 5.41) is 22.0. The van der Waals surface area contributed by atoms with Crippen molar-refractivity contribution in [1.82, 2.24) is 24.7 Å². The van der Waals surface area contributed by atoms with Crippen molar-refractivity contribution >= 4 is 35.1 Å². The lowest BCUT2D eigenvalue weighted by atomic mass is 9.73. The van der Waals surface area contributed by atoms with Crippen molar-refractivity contribution in [3.63, 3.8) is 0 Å². The van der Waals surface area contributed by atoms with E-state index in [9.17, 15) is 14.9 Å². The van der Waals surface area contributed by atoms with Crippen LogP contribution >= 0.6 is 0 Å². The number of benzene rings is 1. The Balaban J connectivity index is 1.11. The smallest absolute Gasteiger partial charge is 0.407 e. The summed E-state index contributed by atoms with van der Waals surface area (Å²) in [4.78, 5) is 42.2. The Bertz CT molecular complexity index is 1280. The fourth-order valence-electron chi connectivity index (χ4n) is 6.06. The van der Waals surface area contributed by atoms with E-state index >= 15 is 0 Å². The van der Waals surface area contributed by atoms with Crippen molar-refractivity contribution in [2.24, 2.45) is 5.41 Å². The number of carbonyl (C=O) groups is 2. The second-order valence-electron chi connectivity index (χ2n) is 10.8. The molecule has 0 radical (unpaired) electrons. The van der Waals surface area contributed by atoms with Crippen LogP contribution in [0.3, 0.4) is 0 Å². The molecule has 0 saturated carbocycles. The number of piperidine rings is 1. The molecule has 1 aromatic carbocycles. The number of nitriles is 1. The lowest BCUT2D eigenvalue weighted by Crippen LogP contribution is -2.73. The second kappa shape index (κ2) is 9.24. The number of nitrogens with zero attached hydrogens (tertiary/aromatic N) is 8. The first-order valence-electron chi connectivity index (χ1n) is 13.0. The zero-order valence-electron chi connectivity index (χ0n) is 21.4. The van der Waals surface area contributed by atoms with Gasteiger partial charge in [0.1, 0.15) is 11.9 Å². The second-order valence-corrected chi connectivity index (χ2v) is 10.8. The van der Waals surface area contributed by atoms with E-state index in [4.69, 9.17) is 10.1 Å². The molecule has 1 atom stereocenters. The standard InChI is InChI=1S/C26H31N9O3/c1-31-9-10-35(24(31)36)20-3-2-8-32(13-20)22-12-28-21(11-27)23(30-22)29-18-4-6-19(7-5-18)33-14-26(15-33)16-34(17-26)25(37)38/h4-7,12,20H,2-3,8-10,13-17H2,1H3,(H,29,30)(H,37,38)/t20-/m1/s1. The molecule has 198 valence electrons. The number of hydrogen-bond acceptors (Lipinski definition) is 8. The molecule has 4 aliphatic rings. The van der Waals surface area contributed by atoms with Crippen LogP contribution in [0.5, 0.6) is 0 Å². The van der Waals surface area contributed by atoms with Crippen LogP contribution in [0, 0.1) is 16.7 Å². The Labute approximate surface area is 221 Å². The van der Waals surface area contributed by atoms with Gasteiger partial charge in [-0.25, -0.2) is 19.6 Å². The number of likely N-dealkylation sites (tertiary alicyclic amines) is 1. The summed E-state index contributed by atoms with van der Waals surface area (Å²) in [5.41, 5.74) is 2.20. The molecule has 0 aliphatic carbocycles. The molecule has 6 rings (SSSR count). The van der Waals surface area contributed by atoms with E-state index in [0.29, 0.717) is 31.3 Å². The summed E-state index contributed by atoms with van der Waals surface area (Å²) in [6.45, 7) is 5.93. The highest BCUT2D eigenvalue weighted by Gasteiger charge is 2.53. The van der Waals surface area contributed by atoms with E-state index < -0.39 is 6.09 Å². The zero-order valence-corrected chi connectivity index (χ0v) is 21.4. The molecule has 38 heavy (non-hydrogen) atoms. The van der Waals surface area contributed by atoms with Gasteiger partial charge in [0.15, 0.2) is 11.5 Å². The van der Waals surface area contributed by atoms with Gasteiger partial charge in [-0.2, -0.15) is 5.26 Å². The normalized spacial score (nSPS) is 22.3. The molecular weight excluding hydrogens is 486 g/mol. The molecule has 1 spiro atoms. The molecule has 3 amide bonds. The van der Waals surface area contributed by atoms with Crippen molar-refractivity contribution < 1.29 is 14.7 Å². The zero-order chi connectivity index (χ0) is 26.4. The van der Waals surface area contributed by atoms with Gasteiger partial charge in [0.2, 0.25) is 0 Å². The summed E-state index contributed by atoms with van der Waals surface area (Å²) in [6, 6.07) is 10.3. The molecule has 12 nitrogen and oxygen atoms in total. The molecule has 4 aliphatic heterocycles. The van der Waals surface area contributed by atoms with Crippen molar-refractivity contribution in [2.45, 2.75) is 18.9 Å². The van der Waals surface area contributed by atoms with Crippen molar-refractivity contribution in [1.29, 1.82) is 5.26 Å². The Morgan fingerprint density at radius 1 is 1.13 bits per heavy atom. The van der Waals surface area contributed by atoms with E-state index in [0.717, 1.165) is 56.9 Å². The number of amides is 3. The Morgan fingerprint density at radius 2 is 1.89 bits per heavy atom. The SMILES string of the molecule is CN1CCN([C@@H]2CCCN(c3cnc(C#N)c(Nc4ccc(N5CC6(CN(C(=O)O)C6)C5)cc4)n3)C2)C1=O. The third-order valence-electron chi connectivity index (χ3n) is 8.15. The van der Waals surface area contributed by atoms with Crippen molar-refractivity contribution in [3.8, 4) is 6.07 Å². The van der Waals surface area contributed by atoms with Crippen LogP contribution in [0.25, 0.3) is 0 Å². The van der Waals surface area contributed by atoms with Crippen LogP contribution in [0.1, 0.15) is 18.5 Å². The minimum atomic E-state index is -0.844. The molecule has 2 aromatic rings. The molecule has 4 fully saturated rings. The number of anilines is 4. The Kier molecular flexibility index (Phi) is 5.86. The summed E-state index contributed by atoms with van der Waals surface area (Å²) in [6.07, 6.45) is 2.71. The third-order valence-corrected chi connectivity index (χ3v) is 8.15. The molecule has 12 heteroatoms. The van der Waals surface area contributed by atoms with Crippen LogP contribution in [-0.4, -0.2) is 107 Å². The first-order valence-corrected chi connectivity index (χ1v) is 13.0. The molecule has 0 bridgehead atoms. The van der Waals surface area contributed by atoms with Gasteiger partial charge in [-0.1, -0.05) is 0 Å². The summed E-state index contributed by atoms with van der Waals surface area (Å²) in [5.74, 6) is 1.09. The third kappa shape index (κ3) is 4.27. The van der Waals surface area contributed by atoms with Gasteiger partial charge in [-0.15, -0.1) is 0 Å². The van der Waals surface area contributed by atoms with Crippen LogP contribution in [-0.2, 0) is 0 Å². The minimum Gasteiger partial charge on any atom is -0.465 e. The predicted molar refractivity (Wildman–Crippen MR) is 141 cm³/mol. The summed E-state index contributed by atoms with van der Waals surface area (Å²) in [7, 11) is 1.84. The number of urea groups is 1. The summed E-state index contributed by atoms with van der Waals surface area (Å²) < 4.78 is 0. The van der Waals surface area contributed by atoms with Gasteiger partial charge in [-0.05, 0) is 37.1 Å². The molecule has 2 N–H and O–H groups in total. The van der Waals surface area contributed by atoms with Crippen LogP contribution in [0.15, 0.2) is 30.5 Å². The minimum absolute atomic E-state index is 0.0804. The van der Waals surface area contributed by atoms with E-state index in [2.05, 4.69) is 26.2 Å². The predicted octanol–water partition coefficient (Wildman–Crippen LogP) is 2.23. The van der Waals surface area contributed by atoms with Gasteiger partial charge >= 0.3 is 12.1 Å². The van der Waals surface area contributed by atoms with E-state index in [1.165, 1.54) is 4.90 Å². The van der Waals surface area contributed by atoms with Gasteiger partial charge < -0.3 is 34.9 Å². The van der Waals surface area contributed by atoms with Crippen LogP contribution in [0.2, 0.25) is 0 Å². The van der Waals surface area contributed by atoms with E-state index in [1.807, 2.05) is 36.2 Å². The fourth-order valence-corrected chi connectivity index (χ4v) is 6.06. The van der Waals surface area contributed by atoms with Gasteiger partial charge in [0.05, 0.1) is 12.2 Å². The lowest BCUT2D eigenvalue weighted by Gasteiger charge is -2.60. The Hall–Kier alpha value is -4.27. The largest absolute Gasteiger partial charge is 0.465 e. The molecular formula is C26H31N9O3. The monoisotopic (exact) mass is 517 g/mol. The highest BCUT2D eigenvalue weighted by Crippen LogP contribution is 2.42. The first kappa shape index (κ1) is 24.1. The van der Waals surface area contributed by atoms with Crippen LogP contribution < -0.4 is 15.1 Å². The number of rotatable bonds is 5. The quantitative estimate of drug-likeness (QED) is 0.613. The highest BCUT2D eigenvalue weighted by molar-refractivity contribution is 5.76. The topological polar surface area (TPSA) is 132 Å². The maximum Gasteiger partial charge on any atom is 0.407 e. The van der Waals surface area contributed by atoms with Crippen molar-refractivity contribution in [2.75, 3.05) is 74.5 Å². The van der Waals surface area contributed by atoms with Gasteiger partial charge in [0, 0.05) is 76.2 Å². The number of aromatic nitrogens is 2. The number of carbonyl (C=O) groups excluding carboxylic acids is 1. The number of carboxylic acid groups (broad SMARTS) is 1. The van der Waals surface area contributed by atoms with E-state index in [-0.39, 0.29) is 23.2 Å².